The highest BCUT2D eigenvalue weighted by Gasteiger charge is 2.26. The maximum atomic E-state index is 12.8. The molecule has 1 unspecified atom stereocenters. The van der Waals surface area contributed by atoms with E-state index in [-0.39, 0.29) is 4.90 Å². The number of aromatic nitrogens is 1. The van der Waals surface area contributed by atoms with Crippen molar-refractivity contribution in [1.82, 2.24) is 4.98 Å². The summed E-state index contributed by atoms with van der Waals surface area (Å²) >= 11 is 0. The maximum absolute atomic E-state index is 12.8. The monoisotopic (exact) mass is 562 g/mol. The van der Waals surface area contributed by atoms with Gasteiger partial charge in [-0.15, -0.1) is 0 Å². The lowest BCUT2D eigenvalue weighted by Gasteiger charge is -2.22. The highest BCUT2D eigenvalue weighted by Crippen LogP contribution is 2.29. The standard InChI is InChI=1S/C31H34N2O6S/c1-22-29(7-5-8-30(22)40(34,35)39-31-9-3-4-18-38-31)37-20-6-19-36-26-16-12-24-13-17-27(33-28(24)21-26)23-10-14-25(32-2)15-11-23/h5,7-8,10-17,21,31-32H,3-4,6,9,18-20H2,1-2H3. The lowest BCUT2D eigenvalue weighted by Crippen LogP contribution is -2.25. The Hall–Kier alpha value is -3.66. The van der Waals surface area contributed by atoms with E-state index >= 15 is 0 Å². The van der Waals surface area contributed by atoms with Crippen LogP contribution in [0, 0.1) is 6.92 Å². The van der Waals surface area contributed by atoms with Crippen LogP contribution in [0.25, 0.3) is 22.2 Å². The average Bonchev–Trinajstić information content (AvgIpc) is 2.97. The fourth-order valence-corrected chi connectivity index (χ4v) is 5.85. The first-order chi connectivity index (χ1) is 19.4. The third-order valence-corrected chi connectivity index (χ3v) is 8.27. The summed E-state index contributed by atoms with van der Waals surface area (Å²) in [6.45, 7) is 3.04. The number of anilines is 1. The number of fused-ring (bicyclic) bond motifs is 1. The second-order valence-corrected chi connectivity index (χ2v) is 11.2. The van der Waals surface area contributed by atoms with Crippen LogP contribution in [0.2, 0.25) is 0 Å². The van der Waals surface area contributed by atoms with Gasteiger partial charge in [-0.3, -0.25) is 0 Å². The molecule has 0 saturated carbocycles. The molecule has 1 N–H and O–H groups in total. The summed E-state index contributed by atoms with van der Waals surface area (Å²) < 4.78 is 48.3. The Balaban J connectivity index is 1.16. The number of rotatable bonds is 11. The lowest BCUT2D eigenvalue weighted by atomic mass is 10.1. The summed E-state index contributed by atoms with van der Waals surface area (Å²) in [5.41, 5.74) is 4.37. The van der Waals surface area contributed by atoms with Crippen molar-refractivity contribution >= 4 is 26.7 Å². The Kier molecular flexibility index (Phi) is 8.84. The van der Waals surface area contributed by atoms with E-state index < -0.39 is 16.4 Å². The largest absolute Gasteiger partial charge is 0.493 e. The van der Waals surface area contributed by atoms with Crippen molar-refractivity contribution in [3.05, 3.63) is 78.4 Å². The molecule has 40 heavy (non-hydrogen) atoms. The second-order valence-electron chi connectivity index (χ2n) is 9.65. The Morgan fingerprint density at radius 1 is 0.975 bits per heavy atom. The molecule has 8 nitrogen and oxygen atoms in total. The normalized spacial score (nSPS) is 15.6. The quantitative estimate of drug-likeness (QED) is 0.167. The zero-order chi connectivity index (χ0) is 28.0. The van der Waals surface area contributed by atoms with Gasteiger partial charge in [0.15, 0.2) is 6.29 Å². The van der Waals surface area contributed by atoms with Crippen molar-refractivity contribution in [3.8, 4) is 22.8 Å². The van der Waals surface area contributed by atoms with Crippen molar-refractivity contribution in [2.24, 2.45) is 0 Å². The van der Waals surface area contributed by atoms with E-state index in [4.69, 9.17) is 23.4 Å². The molecule has 0 aliphatic carbocycles. The highest BCUT2D eigenvalue weighted by molar-refractivity contribution is 7.86. The van der Waals surface area contributed by atoms with Gasteiger partial charge in [-0.25, -0.2) is 9.17 Å². The molecule has 1 aromatic heterocycles. The van der Waals surface area contributed by atoms with Crippen LogP contribution in [-0.4, -0.2) is 46.6 Å². The summed E-state index contributed by atoms with van der Waals surface area (Å²) in [6.07, 6.45) is 2.24. The van der Waals surface area contributed by atoms with Crippen LogP contribution in [0.4, 0.5) is 5.69 Å². The van der Waals surface area contributed by atoms with Gasteiger partial charge in [-0.1, -0.05) is 24.3 Å². The van der Waals surface area contributed by atoms with Crippen LogP contribution in [-0.2, 0) is 19.0 Å². The zero-order valence-corrected chi connectivity index (χ0v) is 23.6. The molecule has 0 amide bonds. The molecule has 0 radical (unpaired) electrons. The van der Waals surface area contributed by atoms with Gasteiger partial charge in [0.05, 0.1) is 24.4 Å². The molecule has 9 heteroatoms. The molecule has 3 aromatic carbocycles. The molecule has 1 fully saturated rings. The summed E-state index contributed by atoms with van der Waals surface area (Å²) in [6, 6.07) is 23.0. The van der Waals surface area contributed by atoms with Crippen molar-refractivity contribution < 1.29 is 26.8 Å². The molecule has 5 rings (SSSR count). The van der Waals surface area contributed by atoms with E-state index in [0.29, 0.717) is 44.0 Å². The van der Waals surface area contributed by atoms with E-state index in [0.717, 1.165) is 46.4 Å². The van der Waals surface area contributed by atoms with Gasteiger partial charge in [-0.2, -0.15) is 8.42 Å². The minimum Gasteiger partial charge on any atom is -0.493 e. The third kappa shape index (κ3) is 6.72. The highest BCUT2D eigenvalue weighted by atomic mass is 32.2. The number of hydrogen-bond donors (Lipinski definition) is 1. The Labute approximate surface area is 235 Å². The van der Waals surface area contributed by atoms with Crippen LogP contribution < -0.4 is 14.8 Å². The van der Waals surface area contributed by atoms with Crippen LogP contribution in [0.15, 0.2) is 77.7 Å². The Morgan fingerprint density at radius 3 is 2.55 bits per heavy atom. The zero-order valence-electron chi connectivity index (χ0n) is 22.8. The average molecular weight is 563 g/mol. The molecule has 1 aliphatic rings. The molecule has 210 valence electrons. The first kappa shape index (κ1) is 27.9. The van der Waals surface area contributed by atoms with Crippen molar-refractivity contribution in [3.63, 3.8) is 0 Å². The van der Waals surface area contributed by atoms with Gasteiger partial charge in [-0.05, 0) is 68.7 Å². The van der Waals surface area contributed by atoms with E-state index in [1.807, 2.05) is 55.6 Å². The predicted octanol–water partition coefficient (Wildman–Crippen LogP) is 6.33. The van der Waals surface area contributed by atoms with E-state index in [1.54, 1.807) is 19.1 Å². The van der Waals surface area contributed by atoms with E-state index in [9.17, 15) is 8.42 Å². The maximum Gasteiger partial charge on any atom is 0.299 e. The topological polar surface area (TPSA) is 96.0 Å². The first-order valence-electron chi connectivity index (χ1n) is 13.5. The number of pyridine rings is 1. The second kappa shape index (κ2) is 12.7. The van der Waals surface area contributed by atoms with Gasteiger partial charge in [0.1, 0.15) is 16.4 Å². The fourth-order valence-electron chi connectivity index (χ4n) is 4.59. The first-order valence-corrected chi connectivity index (χ1v) is 14.9. The molecular formula is C31H34N2O6S. The SMILES string of the molecule is CNc1ccc(-c2ccc3ccc(OCCCOc4cccc(S(=O)(=O)OC5CCCCO5)c4C)cc3n2)cc1. The van der Waals surface area contributed by atoms with Crippen LogP contribution in [0.5, 0.6) is 11.5 Å². The van der Waals surface area contributed by atoms with Gasteiger partial charge in [0, 0.05) is 48.3 Å². The Morgan fingerprint density at radius 2 is 1.77 bits per heavy atom. The van der Waals surface area contributed by atoms with Gasteiger partial charge < -0.3 is 19.5 Å². The fraction of sp³-hybridized carbons (Fsp3) is 0.323. The van der Waals surface area contributed by atoms with E-state index in [1.165, 1.54) is 6.07 Å². The summed E-state index contributed by atoms with van der Waals surface area (Å²) in [4.78, 5) is 4.92. The third-order valence-electron chi connectivity index (χ3n) is 6.82. The number of benzene rings is 3. The van der Waals surface area contributed by atoms with Gasteiger partial charge in [0.2, 0.25) is 0 Å². The summed E-state index contributed by atoms with van der Waals surface area (Å²) in [5.74, 6) is 1.23. The lowest BCUT2D eigenvalue weighted by molar-refractivity contribution is -0.102. The Bertz CT molecular complexity index is 1550. The van der Waals surface area contributed by atoms with Crippen LogP contribution in [0.3, 0.4) is 0 Å². The molecular weight excluding hydrogens is 528 g/mol. The number of nitrogens with one attached hydrogen (secondary N) is 1. The van der Waals surface area contributed by atoms with E-state index in [2.05, 4.69) is 11.4 Å². The smallest absolute Gasteiger partial charge is 0.299 e. The summed E-state index contributed by atoms with van der Waals surface area (Å²) in [5, 5.41) is 4.16. The van der Waals surface area contributed by atoms with Crippen molar-refractivity contribution in [1.29, 1.82) is 0 Å². The van der Waals surface area contributed by atoms with Crippen molar-refractivity contribution in [2.45, 2.75) is 43.8 Å². The summed E-state index contributed by atoms with van der Waals surface area (Å²) in [7, 11) is -2.07. The minimum absolute atomic E-state index is 0.0939. The molecule has 1 saturated heterocycles. The predicted molar refractivity (Wildman–Crippen MR) is 155 cm³/mol. The van der Waals surface area contributed by atoms with Crippen LogP contribution >= 0.6 is 0 Å². The molecule has 1 aliphatic heterocycles. The molecule has 0 bridgehead atoms. The molecule has 2 heterocycles. The van der Waals surface area contributed by atoms with Crippen LogP contribution in [0.1, 0.15) is 31.2 Å². The molecule has 1 atom stereocenters. The molecule has 0 spiro atoms. The number of hydrogen-bond acceptors (Lipinski definition) is 8. The van der Waals surface area contributed by atoms with Crippen molar-refractivity contribution in [2.75, 3.05) is 32.2 Å². The van der Waals surface area contributed by atoms with Gasteiger partial charge in [0.25, 0.3) is 10.1 Å². The minimum atomic E-state index is -3.96. The van der Waals surface area contributed by atoms with Gasteiger partial charge >= 0.3 is 0 Å². The molecule has 4 aromatic rings. The number of ether oxygens (including phenoxy) is 3. The number of nitrogens with zero attached hydrogens (tertiary/aromatic N) is 1.